The zero-order valence-corrected chi connectivity index (χ0v) is 19.9. The molecular formula is C24H27ClN8O2. The first-order valence-electron chi connectivity index (χ1n) is 11.9. The molecule has 1 atom stereocenters. The number of morpholine rings is 1. The second-order valence-corrected chi connectivity index (χ2v) is 9.21. The van der Waals surface area contributed by atoms with Gasteiger partial charge in [-0.1, -0.05) is 41.9 Å². The van der Waals surface area contributed by atoms with Crippen molar-refractivity contribution < 1.29 is 9.57 Å². The molecule has 0 spiro atoms. The van der Waals surface area contributed by atoms with Crippen molar-refractivity contribution in [1.82, 2.24) is 25.6 Å². The number of aromatic nitrogens is 4. The third kappa shape index (κ3) is 5.04. The van der Waals surface area contributed by atoms with Gasteiger partial charge in [0.2, 0.25) is 5.95 Å². The second-order valence-electron chi connectivity index (χ2n) is 8.84. The molecule has 4 N–H and O–H groups in total. The summed E-state index contributed by atoms with van der Waals surface area (Å²) in [6.07, 6.45) is 4.44. The molecule has 3 aromatic rings. The van der Waals surface area contributed by atoms with E-state index in [1.165, 1.54) is 12.8 Å². The fraction of sp³-hybridized carbons (Fsp3) is 0.375. The lowest BCUT2D eigenvalue weighted by atomic mass is 10.1. The molecule has 2 aromatic heterocycles. The maximum Gasteiger partial charge on any atom is 0.227 e. The van der Waals surface area contributed by atoms with Gasteiger partial charge < -0.3 is 25.1 Å². The topological polar surface area (TPSA) is 112 Å². The number of anilines is 4. The Morgan fingerprint density at radius 2 is 1.94 bits per heavy atom. The highest BCUT2D eigenvalue weighted by molar-refractivity contribution is 6.35. The molecule has 2 fully saturated rings. The molecule has 3 aliphatic rings. The minimum atomic E-state index is 0.000559. The Morgan fingerprint density at radius 1 is 1.11 bits per heavy atom. The Labute approximate surface area is 208 Å². The van der Waals surface area contributed by atoms with Gasteiger partial charge in [-0.3, -0.25) is 5.10 Å². The molecule has 10 nitrogen and oxygen atoms in total. The fourth-order valence-corrected chi connectivity index (χ4v) is 4.44. The van der Waals surface area contributed by atoms with Crippen LogP contribution in [0, 0.1) is 0 Å². The summed E-state index contributed by atoms with van der Waals surface area (Å²) in [7, 11) is 0. The van der Waals surface area contributed by atoms with E-state index in [1.54, 1.807) is 0 Å². The Balaban J connectivity index is 1.22. The van der Waals surface area contributed by atoms with Crippen molar-refractivity contribution in [3.63, 3.8) is 0 Å². The third-order valence-electron chi connectivity index (χ3n) is 6.25. The minimum absolute atomic E-state index is 0.000559. The lowest BCUT2D eigenvalue weighted by Crippen LogP contribution is -2.37. The van der Waals surface area contributed by atoms with Gasteiger partial charge in [0.15, 0.2) is 17.5 Å². The van der Waals surface area contributed by atoms with Crippen LogP contribution in [0.4, 0.5) is 23.4 Å². The number of hydroxylamine groups is 1. The summed E-state index contributed by atoms with van der Waals surface area (Å²) in [4.78, 5) is 17.2. The van der Waals surface area contributed by atoms with Crippen LogP contribution in [0.15, 0.2) is 48.2 Å². The fourth-order valence-electron chi connectivity index (χ4n) is 4.19. The summed E-state index contributed by atoms with van der Waals surface area (Å²) in [5.41, 5.74) is 5.32. The van der Waals surface area contributed by atoms with E-state index in [0.29, 0.717) is 67.2 Å². The molecule has 182 valence electrons. The lowest BCUT2D eigenvalue weighted by molar-refractivity contribution is 0.116. The molecule has 0 bridgehead atoms. The largest absolute Gasteiger partial charge is 0.411 e. The van der Waals surface area contributed by atoms with Crippen LogP contribution < -0.4 is 21.0 Å². The normalized spacial score (nSPS) is 19.9. The smallest absolute Gasteiger partial charge is 0.227 e. The summed E-state index contributed by atoms with van der Waals surface area (Å²) in [6, 6.07) is 12.2. The molecule has 35 heavy (non-hydrogen) atoms. The number of aromatic amines is 1. The Kier molecular flexibility index (Phi) is 6.15. The first-order valence-corrected chi connectivity index (χ1v) is 12.2. The number of ether oxygens (including phenoxy) is 1. The van der Waals surface area contributed by atoms with Crippen LogP contribution in [0.25, 0.3) is 0 Å². The van der Waals surface area contributed by atoms with E-state index in [-0.39, 0.29) is 6.04 Å². The van der Waals surface area contributed by atoms with Crippen LogP contribution in [-0.2, 0) is 9.57 Å². The summed E-state index contributed by atoms with van der Waals surface area (Å²) >= 11 is 6.78. The molecule has 1 unspecified atom stereocenters. The molecule has 1 saturated carbocycles. The van der Waals surface area contributed by atoms with Gasteiger partial charge in [-0.05, 0) is 24.5 Å². The number of nitrogens with zero attached hydrogens (tertiary/aromatic N) is 4. The Morgan fingerprint density at radius 3 is 2.74 bits per heavy atom. The van der Waals surface area contributed by atoms with Gasteiger partial charge in [0, 0.05) is 30.8 Å². The molecule has 11 heteroatoms. The monoisotopic (exact) mass is 494 g/mol. The second kappa shape index (κ2) is 9.73. The number of nitrogens with one attached hydrogen (secondary N) is 4. The van der Waals surface area contributed by atoms with Crippen LogP contribution in [0.1, 0.15) is 36.1 Å². The third-order valence-corrected chi connectivity index (χ3v) is 6.60. The quantitative estimate of drug-likeness (QED) is 0.370. The lowest BCUT2D eigenvalue weighted by Gasteiger charge is -2.29. The summed E-state index contributed by atoms with van der Waals surface area (Å²) in [6.45, 7) is 3.10. The van der Waals surface area contributed by atoms with E-state index >= 15 is 0 Å². The SMILES string of the molecule is Clc1c(Nc2cc(C3CC3)[nH]n2)nc(NCC2=CC(c3ccccc3)NO2)nc1N1CCOCC1. The Bertz CT molecular complexity index is 1210. The van der Waals surface area contributed by atoms with Crippen molar-refractivity contribution >= 4 is 35.0 Å². The van der Waals surface area contributed by atoms with Crippen LogP contribution in [-0.4, -0.2) is 53.0 Å². The molecule has 6 rings (SSSR count). The molecule has 0 amide bonds. The van der Waals surface area contributed by atoms with Crippen molar-refractivity contribution in [2.75, 3.05) is 48.4 Å². The van der Waals surface area contributed by atoms with Crippen molar-refractivity contribution in [2.45, 2.75) is 24.8 Å². The predicted octanol–water partition coefficient (Wildman–Crippen LogP) is 3.88. The number of benzene rings is 1. The zero-order valence-electron chi connectivity index (χ0n) is 19.1. The number of H-pyrrole nitrogens is 1. The average Bonchev–Trinajstić information content (AvgIpc) is 3.46. The zero-order chi connectivity index (χ0) is 23.6. The maximum absolute atomic E-state index is 6.78. The highest BCUT2D eigenvalue weighted by atomic mass is 35.5. The van der Waals surface area contributed by atoms with Gasteiger partial charge in [0.1, 0.15) is 10.8 Å². The van der Waals surface area contributed by atoms with Crippen LogP contribution in [0.2, 0.25) is 5.02 Å². The first-order chi connectivity index (χ1) is 17.2. The Hall–Kier alpha value is -3.34. The molecule has 1 aliphatic carbocycles. The van der Waals surface area contributed by atoms with Crippen molar-refractivity contribution in [1.29, 1.82) is 0 Å². The molecule has 1 saturated heterocycles. The van der Waals surface area contributed by atoms with Gasteiger partial charge in [0.25, 0.3) is 0 Å². The standard InChI is InChI=1S/C24H27ClN8O2/c25-21-22(27-20-13-18(30-31-20)16-6-7-16)28-24(29-23(21)33-8-10-34-11-9-33)26-14-17-12-19(32-35-17)15-4-2-1-3-5-15/h1-5,12-13,16,19,32H,6-11,14H2,(H3,26,27,28,29,30,31). The van der Waals surface area contributed by atoms with Crippen molar-refractivity contribution in [3.8, 4) is 0 Å². The number of hydrogen-bond donors (Lipinski definition) is 4. The van der Waals surface area contributed by atoms with E-state index in [2.05, 4.69) is 48.3 Å². The van der Waals surface area contributed by atoms with Gasteiger partial charge >= 0.3 is 0 Å². The van der Waals surface area contributed by atoms with Gasteiger partial charge in [-0.25, -0.2) is 0 Å². The number of hydrogen-bond acceptors (Lipinski definition) is 9. The van der Waals surface area contributed by atoms with Gasteiger partial charge in [-0.2, -0.15) is 15.1 Å². The predicted molar refractivity (Wildman–Crippen MR) is 134 cm³/mol. The van der Waals surface area contributed by atoms with Crippen LogP contribution >= 0.6 is 11.6 Å². The van der Waals surface area contributed by atoms with Crippen molar-refractivity contribution in [3.05, 3.63) is 64.5 Å². The molecule has 1 aromatic carbocycles. The van der Waals surface area contributed by atoms with E-state index < -0.39 is 0 Å². The minimum Gasteiger partial charge on any atom is -0.411 e. The molecule has 2 aliphatic heterocycles. The summed E-state index contributed by atoms with van der Waals surface area (Å²) < 4.78 is 5.51. The highest BCUT2D eigenvalue weighted by Gasteiger charge is 2.26. The summed E-state index contributed by atoms with van der Waals surface area (Å²) in [5, 5.41) is 14.5. The van der Waals surface area contributed by atoms with Crippen molar-refractivity contribution in [2.24, 2.45) is 0 Å². The van der Waals surface area contributed by atoms with E-state index in [0.717, 1.165) is 17.0 Å². The van der Waals surface area contributed by atoms with E-state index in [4.69, 9.17) is 26.2 Å². The van der Waals surface area contributed by atoms with Gasteiger partial charge in [0.05, 0.1) is 25.8 Å². The first kappa shape index (κ1) is 22.1. The van der Waals surface area contributed by atoms with Crippen LogP contribution in [0.5, 0.6) is 0 Å². The maximum atomic E-state index is 6.78. The van der Waals surface area contributed by atoms with Gasteiger partial charge in [-0.15, -0.1) is 5.48 Å². The highest BCUT2D eigenvalue weighted by Crippen LogP contribution is 2.40. The van der Waals surface area contributed by atoms with Crippen LogP contribution in [0.3, 0.4) is 0 Å². The molecular weight excluding hydrogens is 468 g/mol. The number of halogens is 1. The summed E-state index contributed by atoms with van der Waals surface area (Å²) in [5.74, 6) is 3.64. The number of rotatable bonds is 8. The average molecular weight is 495 g/mol. The van der Waals surface area contributed by atoms with E-state index in [1.807, 2.05) is 30.3 Å². The molecule has 4 heterocycles. The molecule has 0 radical (unpaired) electrons. The van der Waals surface area contributed by atoms with E-state index in [9.17, 15) is 0 Å².